The highest BCUT2D eigenvalue weighted by Crippen LogP contribution is 2.23. The lowest BCUT2D eigenvalue weighted by Crippen LogP contribution is -2.14. The van der Waals surface area contributed by atoms with Crippen molar-refractivity contribution in [2.45, 2.75) is 11.8 Å². The van der Waals surface area contributed by atoms with Gasteiger partial charge in [0.2, 0.25) is 5.91 Å². The Labute approximate surface area is 137 Å². The number of anilines is 1. The number of nitrogens with one attached hydrogen (secondary N) is 1. The number of hydrogen-bond donors (Lipinski definition) is 1. The van der Waals surface area contributed by atoms with Crippen molar-refractivity contribution in [2.24, 2.45) is 0 Å². The van der Waals surface area contributed by atoms with Gasteiger partial charge in [-0.25, -0.2) is 4.39 Å². The average molecular weight is 328 g/mol. The van der Waals surface area contributed by atoms with Crippen molar-refractivity contribution >= 4 is 29.1 Å². The van der Waals surface area contributed by atoms with Crippen LogP contribution in [0, 0.1) is 17.1 Å². The molecule has 0 heterocycles. The predicted octanol–water partition coefficient (Wildman–Crippen LogP) is 3.63. The van der Waals surface area contributed by atoms with Crippen LogP contribution >= 0.6 is 11.8 Å². The molecule has 1 amide bonds. The molecule has 0 spiro atoms. The molecular formula is C17H13FN2O2S. The van der Waals surface area contributed by atoms with Crippen LogP contribution < -0.4 is 5.32 Å². The molecule has 0 fully saturated rings. The monoisotopic (exact) mass is 328 g/mol. The molecule has 2 rings (SSSR count). The number of benzene rings is 2. The smallest absolute Gasteiger partial charge is 0.234 e. The van der Waals surface area contributed by atoms with Crippen LogP contribution in [0.15, 0.2) is 47.4 Å². The van der Waals surface area contributed by atoms with E-state index >= 15 is 0 Å². The van der Waals surface area contributed by atoms with E-state index in [4.69, 9.17) is 5.26 Å². The Morgan fingerprint density at radius 3 is 2.48 bits per heavy atom. The summed E-state index contributed by atoms with van der Waals surface area (Å²) in [6.45, 7) is 1.37. The van der Waals surface area contributed by atoms with Gasteiger partial charge < -0.3 is 5.32 Å². The molecule has 2 aromatic carbocycles. The zero-order valence-electron chi connectivity index (χ0n) is 12.3. The Morgan fingerprint density at radius 2 is 1.91 bits per heavy atom. The largest absolute Gasteiger partial charge is 0.325 e. The zero-order valence-corrected chi connectivity index (χ0v) is 13.1. The van der Waals surface area contributed by atoms with Crippen LogP contribution in [0.1, 0.15) is 22.8 Å². The van der Waals surface area contributed by atoms with Crippen molar-refractivity contribution in [3.8, 4) is 6.07 Å². The van der Waals surface area contributed by atoms with Crippen LogP contribution in [-0.4, -0.2) is 17.4 Å². The van der Waals surface area contributed by atoms with E-state index in [0.29, 0.717) is 21.7 Å². The standard InChI is InChI=1S/C17H13FN2O2S/c1-11(21)13-4-7-16(15(18)8-13)23-10-17(22)20-14-5-2-12(9-19)3-6-14/h2-8H,10H2,1H3,(H,20,22). The molecule has 0 aliphatic carbocycles. The SMILES string of the molecule is CC(=O)c1ccc(SCC(=O)Nc2ccc(C#N)cc2)c(F)c1. The highest BCUT2D eigenvalue weighted by molar-refractivity contribution is 8.00. The Bertz CT molecular complexity index is 782. The van der Waals surface area contributed by atoms with E-state index in [-0.39, 0.29) is 17.4 Å². The van der Waals surface area contributed by atoms with Crippen molar-refractivity contribution < 1.29 is 14.0 Å². The van der Waals surface area contributed by atoms with E-state index in [9.17, 15) is 14.0 Å². The minimum Gasteiger partial charge on any atom is -0.325 e. The molecule has 116 valence electrons. The number of carbonyl (C=O) groups is 2. The fraction of sp³-hybridized carbons (Fsp3) is 0.118. The number of ketones is 1. The van der Waals surface area contributed by atoms with Crippen LogP contribution in [0.5, 0.6) is 0 Å². The van der Waals surface area contributed by atoms with Crippen molar-refractivity contribution in [3.05, 3.63) is 59.4 Å². The third-order valence-corrected chi connectivity index (χ3v) is 4.04. The molecule has 0 saturated heterocycles. The maximum absolute atomic E-state index is 13.8. The van der Waals surface area contributed by atoms with Crippen molar-refractivity contribution in [1.29, 1.82) is 5.26 Å². The molecule has 2 aromatic rings. The van der Waals surface area contributed by atoms with Crippen LogP contribution in [-0.2, 0) is 4.79 Å². The molecule has 0 aromatic heterocycles. The van der Waals surface area contributed by atoms with Gasteiger partial charge in [0, 0.05) is 16.1 Å². The summed E-state index contributed by atoms with van der Waals surface area (Å²) < 4.78 is 13.8. The van der Waals surface area contributed by atoms with Gasteiger partial charge in [0.15, 0.2) is 5.78 Å². The minimum absolute atomic E-state index is 0.0380. The Balaban J connectivity index is 1.93. The first-order valence-corrected chi connectivity index (χ1v) is 7.71. The van der Waals surface area contributed by atoms with Gasteiger partial charge in [-0.15, -0.1) is 11.8 Å². The third kappa shape index (κ3) is 4.66. The Morgan fingerprint density at radius 1 is 1.22 bits per heavy atom. The normalized spacial score (nSPS) is 9.96. The average Bonchev–Trinajstić information content (AvgIpc) is 2.54. The highest BCUT2D eigenvalue weighted by Gasteiger charge is 2.09. The highest BCUT2D eigenvalue weighted by atomic mass is 32.2. The number of nitrogens with zero attached hydrogens (tertiary/aromatic N) is 1. The second-order valence-electron chi connectivity index (χ2n) is 4.73. The van der Waals surface area contributed by atoms with Gasteiger partial charge in [-0.05, 0) is 43.3 Å². The number of nitriles is 1. The fourth-order valence-electron chi connectivity index (χ4n) is 1.81. The molecule has 23 heavy (non-hydrogen) atoms. The van der Waals surface area contributed by atoms with Crippen LogP contribution in [0.3, 0.4) is 0 Å². The molecule has 4 nitrogen and oxygen atoms in total. The van der Waals surface area contributed by atoms with Crippen molar-refractivity contribution in [3.63, 3.8) is 0 Å². The summed E-state index contributed by atoms with van der Waals surface area (Å²) >= 11 is 1.05. The van der Waals surface area contributed by atoms with Crippen LogP contribution in [0.25, 0.3) is 0 Å². The zero-order chi connectivity index (χ0) is 16.8. The van der Waals surface area contributed by atoms with Gasteiger partial charge in [0.1, 0.15) is 5.82 Å². The van der Waals surface area contributed by atoms with E-state index in [1.54, 1.807) is 24.3 Å². The molecule has 0 saturated carbocycles. The van der Waals surface area contributed by atoms with E-state index in [0.717, 1.165) is 11.8 Å². The summed E-state index contributed by atoms with van der Waals surface area (Å²) in [5.74, 6) is -0.973. The Kier molecular flexibility index (Phi) is 5.50. The van der Waals surface area contributed by atoms with Crippen molar-refractivity contribution in [2.75, 3.05) is 11.1 Å². The van der Waals surface area contributed by atoms with E-state index in [2.05, 4.69) is 5.32 Å². The molecule has 0 atom stereocenters. The van der Waals surface area contributed by atoms with E-state index < -0.39 is 5.82 Å². The number of Topliss-reactive ketones (excluding diaryl/α,β-unsaturated/α-hetero) is 1. The quantitative estimate of drug-likeness (QED) is 0.672. The molecule has 6 heteroatoms. The maximum Gasteiger partial charge on any atom is 0.234 e. The number of carbonyl (C=O) groups excluding carboxylic acids is 2. The summed E-state index contributed by atoms with van der Waals surface area (Å²) in [4.78, 5) is 23.3. The molecule has 0 bridgehead atoms. The lowest BCUT2D eigenvalue weighted by atomic mass is 10.1. The second-order valence-corrected chi connectivity index (χ2v) is 5.74. The number of rotatable bonds is 5. The molecular weight excluding hydrogens is 315 g/mol. The van der Waals surface area contributed by atoms with Gasteiger partial charge in [0.25, 0.3) is 0 Å². The van der Waals surface area contributed by atoms with Gasteiger partial charge >= 0.3 is 0 Å². The lowest BCUT2D eigenvalue weighted by molar-refractivity contribution is -0.113. The summed E-state index contributed by atoms with van der Waals surface area (Å²) in [5, 5.41) is 11.4. The molecule has 0 aliphatic rings. The van der Waals surface area contributed by atoms with Gasteiger partial charge in [-0.2, -0.15) is 5.26 Å². The third-order valence-electron chi connectivity index (χ3n) is 2.99. The first-order chi connectivity index (χ1) is 11.0. The first kappa shape index (κ1) is 16.7. The van der Waals surface area contributed by atoms with Crippen LogP contribution in [0.4, 0.5) is 10.1 Å². The predicted molar refractivity (Wildman–Crippen MR) is 86.9 cm³/mol. The summed E-state index contributed by atoms with van der Waals surface area (Å²) in [6, 6.07) is 12.6. The number of amides is 1. The summed E-state index contributed by atoms with van der Waals surface area (Å²) in [7, 11) is 0. The maximum atomic E-state index is 13.8. The van der Waals surface area contributed by atoms with Crippen LogP contribution in [0.2, 0.25) is 0 Å². The molecule has 0 unspecified atom stereocenters. The molecule has 0 aliphatic heterocycles. The van der Waals surface area contributed by atoms with Gasteiger partial charge in [-0.3, -0.25) is 9.59 Å². The first-order valence-electron chi connectivity index (χ1n) is 6.73. The molecule has 0 radical (unpaired) electrons. The Hall–Kier alpha value is -2.65. The van der Waals surface area contributed by atoms with Gasteiger partial charge in [-0.1, -0.05) is 6.07 Å². The topological polar surface area (TPSA) is 70.0 Å². The number of halogens is 1. The van der Waals surface area contributed by atoms with E-state index in [1.165, 1.54) is 25.1 Å². The second kappa shape index (κ2) is 7.56. The lowest BCUT2D eigenvalue weighted by Gasteiger charge is -2.06. The number of thioether (sulfide) groups is 1. The summed E-state index contributed by atoms with van der Waals surface area (Å²) in [5.41, 5.74) is 1.38. The minimum atomic E-state index is -0.520. The molecule has 1 N–H and O–H groups in total. The fourth-order valence-corrected chi connectivity index (χ4v) is 2.53. The number of hydrogen-bond acceptors (Lipinski definition) is 4. The van der Waals surface area contributed by atoms with Gasteiger partial charge in [0.05, 0.1) is 17.4 Å². The van der Waals surface area contributed by atoms with Crippen molar-refractivity contribution in [1.82, 2.24) is 0 Å². The van der Waals surface area contributed by atoms with E-state index in [1.807, 2.05) is 6.07 Å². The summed E-state index contributed by atoms with van der Waals surface area (Å²) in [6.07, 6.45) is 0.